The van der Waals surface area contributed by atoms with Gasteiger partial charge >= 0.3 is 12.3 Å². The summed E-state index contributed by atoms with van der Waals surface area (Å²) in [7, 11) is -3.97. The van der Waals surface area contributed by atoms with Gasteiger partial charge in [-0.05, 0) is 64.8 Å². The molecule has 1 saturated carbocycles. The number of carbonyl (C=O) groups excluding carboxylic acids is 2. The molecular weight excluding hydrogens is 607 g/mol. The summed E-state index contributed by atoms with van der Waals surface area (Å²) in [6, 6.07) is 9.23. The van der Waals surface area contributed by atoms with Gasteiger partial charge in [-0.3, -0.25) is 4.79 Å². The molecule has 2 amide bonds. The van der Waals surface area contributed by atoms with Gasteiger partial charge in [0.05, 0.1) is 16.0 Å². The predicted molar refractivity (Wildman–Crippen MR) is 154 cm³/mol. The van der Waals surface area contributed by atoms with E-state index < -0.39 is 45.3 Å². The van der Waals surface area contributed by atoms with Crippen molar-refractivity contribution in [1.29, 1.82) is 0 Å². The molecule has 0 radical (unpaired) electrons. The zero-order valence-electron chi connectivity index (χ0n) is 23.5. The van der Waals surface area contributed by atoms with Crippen molar-refractivity contribution in [1.82, 2.24) is 19.3 Å². The fourth-order valence-corrected chi connectivity index (χ4v) is 7.04. The number of hydrogen-bond donors (Lipinski definition) is 2. The first-order valence-corrected chi connectivity index (χ1v) is 15.5. The van der Waals surface area contributed by atoms with Crippen LogP contribution in [0.3, 0.4) is 0 Å². The van der Waals surface area contributed by atoms with Crippen molar-refractivity contribution < 1.29 is 35.9 Å². The number of thiazole rings is 1. The Bertz CT molecular complexity index is 1810. The Morgan fingerprint density at radius 1 is 1.12 bits per heavy atom. The third-order valence-corrected chi connectivity index (χ3v) is 9.52. The summed E-state index contributed by atoms with van der Waals surface area (Å²) in [6.45, 7) is 6.29. The minimum Gasteiger partial charge on any atom is -0.444 e. The number of aromatic nitrogens is 3. The third kappa shape index (κ3) is 5.83. The molecule has 1 unspecified atom stereocenters. The molecule has 228 valence electrons. The van der Waals surface area contributed by atoms with Crippen LogP contribution in [0.15, 0.2) is 58.9 Å². The van der Waals surface area contributed by atoms with Gasteiger partial charge < -0.3 is 15.4 Å². The second-order valence-electron chi connectivity index (χ2n) is 11.2. The second-order valence-corrected chi connectivity index (χ2v) is 13.9. The van der Waals surface area contributed by atoms with Crippen LogP contribution >= 0.6 is 11.3 Å². The molecule has 0 spiro atoms. The van der Waals surface area contributed by atoms with E-state index in [1.807, 2.05) is 0 Å². The maximum absolute atomic E-state index is 14.0. The molecule has 5 rings (SSSR count). The van der Waals surface area contributed by atoms with Gasteiger partial charge in [-0.1, -0.05) is 18.2 Å². The number of hydrogen-bond acceptors (Lipinski definition) is 8. The number of fused-ring (bicyclic) bond motifs is 1. The number of benzene rings is 1. The van der Waals surface area contributed by atoms with Crippen molar-refractivity contribution in [2.45, 2.75) is 63.3 Å². The van der Waals surface area contributed by atoms with Crippen LogP contribution in [0, 0.1) is 12.3 Å². The molecule has 3 heterocycles. The predicted octanol–water partition coefficient (Wildman–Crippen LogP) is 5.88. The average molecular weight is 636 g/mol. The summed E-state index contributed by atoms with van der Waals surface area (Å²) in [6.07, 6.45) is -5.12. The Morgan fingerprint density at radius 2 is 1.79 bits per heavy atom. The number of pyridine rings is 1. The van der Waals surface area contributed by atoms with Gasteiger partial charge in [0.1, 0.15) is 11.6 Å². The lowest BCUT2D eigenvalue weighted by Crippen LogP contribution is -2.55. The monoisotopic (exact) mass is 635 g/mol. The summed E-state index contributed by atoms with van der Waals surface area (Å²) in [5.74, 6) is -1.09. The highest BCUT2D eigenvalue weighted by Gasteiger charge is 2.69. The fourth-order valence-electron chi connectivity index (χ4n) is 4.81. The molecule has 0 aliphatic heterocycles. The molecule has 43 heavy (non-hydrogen) atoms. The highest BCUT2D eigenvalue weighted by molar-refractivity contribution is 7.90. The van der Waals surface area contributed by atoms with E-state index in [0.29, 0.717) is 22.3 Å². The zero-order valence-corrected chi connectivity index (χ0v) is 25.2. The van der Waals surface area contributed by atoms with Crippen molar-refractivity contribution >= 4 is 49.5 Å². The standard InChI is InChI=1S/C28H28F3N5O5S2/c1-16-14-19-18(10-13-32-22(19)36(16)43(39,40)17-8-6-5-7-9-17)20-15-42-24(33-20)35-23(37)21(27(11-12-27)28(29,30)31)34-25(38)41-26(2,3)4/h5-10,13-15,21H,11-12H2,1-4H3,(H,34,38)(H,33,35,37). The Morgan fingerprint density at radius 3 is 2.40 bits per heavy atom. The highest BCUT2D eigenvalue weighted by atomic mass is 32.2. The first kappa shape index (κ1) is 30.5. The van der Waals surface area contributed by atoms with E-state index in [4.69, 9.17) is 4.74 Å². The minimum atomic E-state index is -4.74. The number of ether oxygens (including phenoxy) is 1. The molecular formula is C28H28F3N5O5S2. The summed E-state index contributed by atoms with van der Waals surface area (Å²) in [4.78, 5) is 34.4. The Hall–Kier alpha value is -3.98. The quantitative estimate of drug-likeness (QED) is 0.259. The molecule has 1 atom stereocenters. The van der Waals surface area contributed by atoms with Crippen LogP contribution in [-0.2, 0) is 19.6 Å². The maximum Gasteiger partial charge on any atom is 0.408 e. The van der Waals surface area contributed by atoms with Gasteiger partial charge in [0.25, 0.3) is 10.0 Å². The molecule has 1 fully saturated rings. The number of rotatable bonds is 7. The van der Waals surface area contributed by atoms with Crippen LogP contribution in [-0.4, -0.2) is 52.2 Å². The summed E-state index contributed by atoms with van der Waals surface area (Å²) in [5.41, 5.74) is -1.99. The van der Waals surface area contributed by atoms with Crippen LogP contribution in [0.2, 0.25) is 0 Å². The van der Waals surface area contributed by atoms with Crippen molar-refractivity contribution in [3.05, 3.63) is 59.7 Å². The van der Waals surface area contributed by atoms with Crippen LogP contribution in [0.25, 0.3) is 22.3 Å². The SMILES string of the molecule is Cc1cc2c(-c3csc(NC(=O)C(NC(=O)OC(C)(C)C)C4(C(F)(F)F)CC4)n3)ccnc2n1S(=O)(=O)c1ccccc1. The van der Waals surface area contributed by atoms with Gasteiger partial charge in [-0.2, -0.15) is 13.2 Å². The minimum absolute atomic E-state index is 0.00742. The third-order valence-electron chi connectivity index (χ3n) is 6.96. The Balaban J connectivity index is 1.44. The Labute approximate surface area is 249 Å². The molecule has 1 aromatic carbocycles. The van der Waals surface area contributed by atoms with Gasteiger partial charge in [0.15, 0.2) is 10.8 Å². The number of anilines is 1. The van der Waals surface area contributed by atoms with Crippen LogP contribution in [0.5, 0.6) is 0 Å². The van der Waals surface area contributed by atoms with E-state index in [9.17, 15) is 31.2 Å². The van der Waals surface area contributed by atoms with E-state index >= 15 is 0 Å². The summed E-state index contributed by atoms with van der Waals surface area (Å²) in [5, 5.41) is 6.57. The maximum atomic E-state index is 14.0. The van der Waals surface area contributed by atoms with E-state index in [1.54, 1.807) is 63.4 Å². The number of alkyl carbamates (subject to hydrolysis) is 1. The lowest BCUT2D eigenvalue weighted by atomic mass is 9.95. The topological polar surface area (TPSA) is 132 Å². The zero-order chi connectivity index (χ0) is 31.4. The number of amides is 2. The summed E-state index contributed by atoms with van der Waals surface area (Å²) < 4.78 is 75.1. The molecule has 2 N–H and O–H groups in total. The summed E-state index contributed by atoms with van der Waals surface area (Å²) >= 11 is 0.966. The van der Waals surface area contributed by atoms with Gasteiger partial charge in [-0.25, -0.2) is 27.2 Å². The molecule has 3 aromatic heterocycles. The number of nitrogens with zero attached hydrogens (tertiary/aromatic N) is 3. The average Bonchev–Trinajstić information content (AvgIpc) is 3.48. The first-order valence-electron chi connectivity index (χ1n) is 13.1. The molecule has 0 saturated heterocycles. The number of carbonyl (C=O) groups is 2. The van der Waals surface area contributed by atoms with E-state index in [1.165, 1.54) is 18.3 Å². The number of alkyl halides is 3. The van der Waals surface area contributed by atoms with E-state index in [2.05, 4.69) is 20.6 Å². The second kappa shape index (κ2) is 10.6. The van der Waals surface area contributed by atoms with E-state index in [0.717, 1.165) is 15.3 Å². The van der Waals surface area contributed by atoms with E-state index in [-0.39, 0.29) is 28.5 Å². The van der Waals surface area contributed by atoms with Crippen LogP contribution < -0.4 is 10.6 Å². The number of halogens is 3. The smallest absolute Gasteiger partial charge is 0.408 e. The molecule has 4 aromatic rings. The largest absolute Gasteiger partial charge is 0.444 e. The van der Waals surface area contributed by atoms with Crippen LogP contribution in [0.1, 0.15) is 39.3 Å². The van der Waals surface area contributed by atoms with Crippen molar-refractivity contribution in [3.8, 4) is 11.3 Å². The number of aryl methyl sites for hydroxylation is 1. The molecule has 15 heteroatoms. The van der Waals surface area contributed by atoms with Gasteiger partial charge in [-0.15, -0.1) is 11.3 Å². The van der Waals surface area contributed by atoms with Gasteiger partial charge in [0, 0.05) is 28.2 Å². The molecule has 10 nitrogen and oxygen atoms in total. The Kier molecular flexibility index (Phi) is 7.53. The molecule has 1 aliphatic carbocycles. The van der Waals surface area contributed by atoms with Crippen LogP contribution in [0.4, 0.5) is 23.1 Å². The molecule has 0 bridgehead atoms. The first-order chi connectivity index (χ1) is 20.0. The normalized spacial score (nSPS) is 15.6. The molecule has 1 aliphatic rings. The van der Waals surface area contributed by atoms with Crippen molar-refractivity contribution in [2.24, 2.45) is 5.41 Å². The fraction of sp³-hybridized carbons (Fsp3) is 0.357. The van der Waals surface area contributed by atoms with Gasteiger partial charge in [0.2, 0.25) is 5.91 Å². The van der Waals surface area contributed by atoms with Crippen molar-refractivity contribution in [3.63, 3.8) is 0 Å². The lowest BCUT2D eigenvalue weighted by molar-refractivity contribution is -0.196. The highest BCUT2D eigenvalue weighted by Crippen LogP contribution is 2.60. The lowest BCUT2D eigenvalue weighted by Gasteiger charge is -2.29. The van der Waals surface area contributed by atoms with Crippen molar-refractivity contribution in [2.75, 3.05) is 5.32 Å². The number of nitrogens with one attached hydrogen (secondary N) is 2.